The van der Waals surface area contributed by atoms with E-state index in [1.165, 1.54) is 0 Å². The van der Waals surface area contributed by atoms with Gasteiger partial charge in [0.2, 0.25) is 0 Å². The van der Waals surface area contributed by atoms with Crippen molar-refractivity contribution in [1.29, 1.82) is 0 Å². The van der Waals surface area contributed by atoms with Crippen LogP contribution in [-0.2, 0) is 0 Å². The van der Waals surface area contributed by atoms with Crippen molar-refractivity contribution in [3.8, 4) is 5.82 Å². The van der Waals surface area contributed by atoms with Gasteiger partial charge in [-0.25, -0.2) is 14.6 Å². The molecule has 152 valence electrons. The number of fused-ring (bicyclic) bond motifs is 1. The second-order valence-corrected chi connectivity index (χ2v) is 6.94. The fraction of sp³-hybridized carbons (Fsp3) is 0.238. The maximum Gasteiger partial charge on any atom is 0.251 e. The van der Waals surface area contributed by atoms with Gasteiger partial charge in [0.25, 0.3) is 5.91 Å². The van der Waals surface area contributed by atoms with Crippen molar-refractivity contribution in [2.45, 2.75) is 20.8 Å². The SMILES string of the molecule is Cc1cc(C)n(-c2cc(NCCNC(=O)c3ccc4nccnc4c3)nc(C)n2)n1. The van der Waals surface area contributed by atoms with Crippen molar-refractivity contribution < 1.29 is 4.79 Å². The predicted octanol–water partition coefficient (Wildman–Crippen LogP) is 2.37. The van der Waals surface area contributed by atoms with Crippen LogP contribution in [0.15, 0.2) is 42.7 Å². The molecular weight excluding hydrogens is 380 g/mol. The van der Waals surface area contributed by atoms with E-state index in [-0.39, 0.29) is 5.91 Å². The summed E-state index contributed by atoms with van der Waals surface area (Å²) in [6.45, 7) is 6.73. The van der Waals surface area contributed by atoms with Gasteiger partial charge in [-0.05, 0) is 45.0 Å². The van der Waals surface area contributed by atoms with Crippen molar-refractivity contribution in [2.24, 2.45) is 0 Å². The zero-order valence-electron chi connectivity index (χ0n) is 17.0. The van der Waals surface area contributed by atoms with E-state index in [0.29, 0.717) is 41.6 Å². The summed E-state index contributed by atoms with van der Waals surface area (Å²) >= 11 is 0. The summed E-state index contributed by atoms with van der Waals surface area (Å²) in [7, 11) is 0. The molecule has 0 radical (unpaired) electrons. The fourth-order valence-electron chi connectivity index (χ4n) is 3.19. The fourth-order valence-corrected chi connectivity index (χ4v) is 3.19. The lowest BCUT2D eigenvalue weighted by atomic mass is 10.2. The summed E-state index contributed by atoms with van der Waals surface area (Å²) in [4.78, 5) is 29.7. The Balaban J connectivity index is 1.37. The Morgan fingerprint density at radius 1 is 0.967 bits per heavy atom. The summed E-state index contributed by atoms with van der Waals surface area (Å²) in [6, 6.07) is 9.11. The van der Waals surface area contributed by atoms with Gasteiger partial charge in [0, 0.05) is 42.8 Å². The minimum Gasteiger partial charge on any atom is -0.368 e. The number of aryl methyl sites for hydroxylation is 3. The Morgan fingerprint density at radius 3 is 2.53 bits per heavy atom. The molecule has 30 heavy (non-hydrogen) atoms. The average molecular weight is 402 g/mol. The van der Waals surface area contributed by atoms with E-state index in [9.17, 15) is 4.79 Å². The largest absolute Gasteiger partial charge is 0.368 e. The smallest absolute Gasteiger partial charge is 0.251 e. The lowest BCUT2D eigenvalue weighted by molar-refractivity contribution is 0.0955. The molecule has 2 N–H and O–H groups in total. The lowest BCUT2D eigenvalue weighted by Crippen LogP contribution is -2.29. The van der Waals surface area contributed by atoms with Gasteiger partial charge >= 0.3 is 0 Å². The Hall–Kier alpha value is -3.88. The Labute approximate surface area is 173 Å². The first-order valence-corrected chi connectivity index (χ1v) is 9.62. The monoisotopic (exact) mass is 402 g/mol. The molecule has 9 nitrogen and oxygen atoms in total. The molecule has 0 aliphatic rings. The molecule has 0 aliphatic carbocycles. The molecule has 9 heteroatoms. The molecule has 1 aromatic carbocycles. The highest BCUT2D eigenvalue weighted by atomic mass is 16.1. The number of hydrogen-bond acceptors (Lipinski definition) is 7. The maximum atomic E-state index is 12.4. The van der Waals surface area contributed by atoms with Crippen molar-refractivity contribution >= 4 is 22.8 Å². The van der Waals surface area contributed by atoms with Gasteiger partial charge in [-0.3, -0.25) is 14.8 Å². The molecule has 0 fully saturated rings. The topological polar surface area (TPSA) is 111 Å². The van der Waals surface area contributed by atoms with Crippen LogP contribution in [0.25, 0.3) is 16.9 Å². The van der Waals surface area contributed by atoms with E-state index in [2.05, 4.69) is 35.7 Å². The molecule has 0 spiro atoms. The molecule has 0 bridgehead atoms. The molecule has 0 saturated carbocycles. The zero-order chi connectivity index (χ0) is 21.1. The van der Waals surface area contributed by atoms with E-state index in [4.69, 9.17) is 0 Å². The van der Waals surface area contributed by atoms with Gasteiger partial charge < -0.3 is 10.6 Å². The number of nitrogens with one attached hydrogen (secondary N) is 2. The number of aromatic nitrogens is 6. The highest BCUT2D eigenvalue weighted by Gasteiger charge is 2.09. The number of anilines is 1. The summed E-state index contributed by atoms with van der Waals surface area (Å²) in [5.41, 5.74) is 3.93. The number of hydrogen-bond donors (Lipinski definition) is 2. The van der Waals surface area contributed by atoms with Crippen LogP contribution < -0.4 is 10.6 Å². The standard InChI is InChI=1S/C21H22N8O/c1-13-10-14(2)29(28-13)20-12-19(26-15(3)27-20)24-8-9-25-21(30)16-4-5-17-18(11-16)23-7-6-22-17/h4-7,10-12H,8-9H2,1-3H3,(H,25,30)(H,24,26,27). The highest BCUT2D eigenvalue weighted by Crippen LogP contribution is 2.14. The van der Waals surface area contributed by atoms with Gasteiger partial charge in [-0.2, -0.15) is 5.10 Å². The first-order valence-electron chi connectivity index (χ1n) is 9.62. The normalized spacial score (nSPS) is 10.9. The third-order valence-corrected chi connectivity index (χ3v) is 4.50. The van der Waals surface area contributed by atoms with Crippen LogP contribution in [0.3, 0.4) is 0 Å². The van der Waals surface area contributed by atoms with Crippen molar-refractivity contribution in [1.82, 2.24) is 35.0 Å². The zero-order valence-corrected chi connectivity index (χ0v) is 17.0. The van der Waals surface area contributed by atoms with Gasteiger partial charge in [0.05, 0.1) is 16.7 Å². The molecule has 4 aromatic rings. The number of amides is 1. The molecule has 1 amide bonds. The summed E-state index contributed by atoms with van der Waals surface area (Å²) < 4.78 is 1.79. The number of benzene rings is 1. The van der Waals surface area contributed by atoms with Gasteiger partial charge in [0.15, 0.2) is 5.82 Å². The van der Waals surface area contributed by atoms with Gasteiger partial charge in [-0.15, -0.1) is 0 Å². The van der Waals surface area contributed by atoms with E-state index < -0.39 is 0 Å². The van der Waals surface area contributed by atoms with Crippen molar-refractivity contribution in [2.75, 3.05) is 18.4 Å². The van der Waals surface area contributed by atoms with Crippen molar-refractivity contribution in [3.05, 3.63) is 65.5 Å². The van der Waals surface area contributed by atoms with Crippen LogP contribution in [0.5, 0.6) is 0 Å². The first-order chi connectivity index (χ1) is 14.5. The summed E-state index contributed by atoms with van der Waals surface area (Å²) in [5.74, 6) is 1.87. The van der Waals surface area contributed by atoms with E-state index in [0.717, 1.165) is 16.9 Å². The Bertz CT molecular complexity index is 1220. The molecule has 3 heterocycles. The quantitative estimate of drug-likeness (QED) is 0.476. The molecule has 0 saturated heterocycles. The number of rotatable bonds is 6. The predicted molar refractivity (Wildman–Crippen MR) is 114 cm³/mol. The minimum atomic E-state index is -0.161. The Kier molecular flexibility index (Phi) is 5.34. The number of carbonyl (C=O) groups is 1. The van der Waals surface area contributed by atoms with Crippen LogP contribution in [0.4, 0.5) is 5.82 Å². The van der Waals surface area contributed by atoms with Gasteiger partial charge in [0.1, 0.15) is 11.6 Å². The molecule has 0 aliphatic heterocycles. The van der Waals surface area contributed by atoms with Crippen LogP contribution >= 0.6 is 0 Å². The van der Waals surface area contributed by atoms with E-state index in [1.54, 1.807) is 35.3 Å². The first kappa shape index (κ1) is 19.4. The molecule has 0 atom stereocenters. The highest BCUT2D eigenvalue weighted by molar-refractivity contribution is 5.97. The molecular formula is C21H22N8O. The summed E-state index contributed by atoms with van der Waals surface area (Å²) in [6.07, 6.45) is 3.24. The number of nitrogens with zero attached hydrogens (tertiary/aromatic N) is 6. The second kappa shape index (κ2) is 8.24. The van der Waals surface area contributed by atoms with Crippen LogP contribution in [-0.4, -0.2) is 48.7 Å². The summed E-state index contributed by atoms with van der Waals surface area (Å²) in [5, 5.41) is 10.6. The van der Waals surface area contributed by atoms with Crippen LogP contribution in [0.1, 0.15) is 27.6 Å². The Morgan fingerprint density at radius 2 is 1.77 bits per heavy atom. The third-order valence-electron chi connectivity index (χ3n) is 4.50. The second-order valence-electron chi connectivity index (χ2n) is 6.94. The van der Waals surface area contributed by atoms with Crippen molar-refractivity contribution in [3.63, 3.8) is 0 Å². The maximum absolute atomic E-state index is 12.4. The third kappa shape index (κ3) is 4.24. The molecule has 4 rings (SSSR count). The minimum absolute atomic E-state index is 0.161. The van der Waals surface area contributed by atoms with E-state index in [1.807, 2.05) is 32.9 Å². The molecule has 0 unspecified atom stereocenters. The molecule has 3 aromatic heterocycles. The number of carbonyl (C=O) groups excluding carboxylic acids is 1. The van der Waals surface area contributed by atoms with Crippen LogP contribution in [0, 0.1) is 20.8 Å². The van der Waals surface area contributed by atoms with Crippen LogP contribution in [0.2, 0.25) is 0 Å². The average Bonchev–Trinajstić information content (AvgIpc) is 3.08. The van der Waals surface area contributed by atoms with E-state index >= 15 is 0 Å². The lowest BCUT2D eigenvalue weighted by Gasteiger charge is -2.10. The van der Waals surface area contributed by atoms with Gasteiger partial charge in [-0.1, -0.05) is 0 Å².